The zero-order valence-corrected chi connectivity index (χ0v) is 8.17. The van der Waals surface area contributed by atoms with E-state index in [9.17, 15) is 0 Å². The van der Waals surface area contributed by atoms with Crippen molar-refractivity contribution in [2.45, 2.75) is 0 Å². The number of hydrogen-bond donors (Lipinski definition) is 4. The Balaban J connectivity index is -0.0000000146. The maximum absolute atomic E-state index is 8.90. The zero-order valence-electron chi connectivity index (χ0n) is 7.02. The van der Waals surface area contributed by atoms with Crippen LogP contribution >= 0.6 is 0 Å². The third kappa shape index (κ3) is 136. The van der Waals surface area contributed by atoms with E-state index in [0.29, 0.717) is 0 Å². The Labute approximate surface area is 104 Å². The van der Waals surface area contributed by atoms with Crippen LogP contribution in [0.5, 0.6) is 0 Å². The molecule has 0 rings (SSSR count). The van der Waals surface area contributed by atoms with Crippen LogP contribution in [0.15, 0.2) is 0 Å². The average molecular weight is 246 g/mol. The smallest absolute Gasteiger partial charge is 1.00 e. The monoisotopic (exact) mass is 245 g/mol. The summed E-state index contributed by atoms with van der Waals surface area (Å²) >= 11 is 0. The summed E-state index contributed by atoms with van der Waals surface area (Å²) in [6.45, 7) is 0. The Morgan fingerprint density at radius 1 is 1.18 bits per heavy atom. The van der Waals surface area contributed by atoms with E-state index in [1.54, 1.807) is 0 Å². The Hall–Kier alpha value is 0.279. The fourth-order valence-electron chi connectivity index (χ4n) is 0. The molecule has 69 valence electrons. The molecule has 7 nitrogen and oxygen atoms in total. The third-order valence-corrected chi connectivity index (χ3v) is 0.0781. The molecule has 0 amide bonds. The van der Waals surface area contributed by atoms with Gasteiger partial charge in [0.15, 0.2) is 0 Å². The molecule has 0 unspecified atom stereocenters. The van der Waals surface area contributed by atoms with Gasteiger partial charge in [0.2, 0.25) is 0 Å². The van der Waals surface area contributed by atoms with Crippen molar-refractivity contribution in [1.29, 1.82) is 0 Å². The van der Waals surface area contributed by atoms with Crippen LogP contribution in [0.4, 0.5) is 9.59 Å². The van der Waals surface area contributed by atoms with Gasteiger partial charge < -0.3 is 18.2 Å². The normalized spacial score (nSPS) is 5.18. The average Bonchev–Trinajstić information content (AvgIpc) is 1.65. The largest absolute Gasteiger partial charge is 2.00 e. The second-order valence-corrected chi connectivity index (χ2v) is 0.640. The van der Waals surface area contributed by atoms with Crippen LogP contribution in [-0.4, -0.2) is 70.6 Å². The molecule has 0 saturated heterocycles. The molecule has 0 bridgehead atoms. The van der Waals surface area contributed by atoms with Gasteiger partial charge >= 0.3 is 50.0 Å². The summed E-state index contributed by atoms with van der Waals surface area (Å²) in [5.41, 5.74) is 0. The first-order valence-electron chi connectivity index (χ1n) is 1.47. The number of carboxylic acid groups (broad SMARTS) is 3. The molecule has 0 aromatic heterocycles. The number of hydrogen-bond acceptors (Lipinski definition) is 4. The topological polar surface area (TPSA) is 124 Å². The Morgan fingerprint density at radius 2 is 1.27 bits per heavy atom. The minimum Gasteiger partial charge on any atom is -1.00 e. The van der Waals surface area contributed by atoms with Crippen LogP contribution in [0.3, 0.4) is 0 Å². The number of rotatable bonds is 0. The Kier molecular flexibility index (Phi) is 34.2. The van der Waals surface area contributed by atoms with Crippen molar-refractivity contribution in [3.05, 3.63) is 0 Å². The van der Waals surface area contributed by atoms with Crippen molar-refractivity contribution in [1.82, 2.24) is 0 Å². The van der Waals surface area contributed by atoms with Crippen LogP contribution in [0.2, 0.25) is 0 Å². The quantitative estimate of drug-likeness (QED) is 0.273. The molecule has 0 heterocycles. The van der Waals surface area contributed by atoms with Gasteiger partial charge in [0.1, 0.15) is 0 Å². The molecule has 4 N–H and O–H groups in total. The van der Waals surface area contributed by atoms with Gasteiger partial charge in [0, 0.05) is 17.1 Å². The van der Waals surface area contributed by atoms with Gasteiger partial charge in [-0.1, -0.05) is 0 Å². The first-order valence-corrected chi connectivity index (χ1v) is 1.47. The van der Waals surface area contributed by atoms with E-state index in [1.165, 1.54) is 0 Å². The van der Waals surface area contributed by atoms with Crippen molar-refractivity contribution in [3.8, 4) is 0 Å². The summed E-state index contributed by atoms with van der Waals surface area (Å²) in [4.78, 5) is 20.1. The third-order valence-electron chi connectivity index (χ3n) is 0.0781. The summed E-state index contributed by atoms with van der Waals surface area (Å²) in [6, 6.07) is 0. The molecule has 0 aliphatic rings. The fraction of sp³-hybridized carbons (Fsp3) is 0. The molecule has 1 radical (unpaired) electrons. The SMILES string of the molecule is O=C(O)O.O=C(O)OO.[Ca+2].[Cu].[H-].[H-]. The predicted octanol–water partition coefficient (Wildman–Crippen LogP) is 0.218. The maximum Gasteiger partial charge on any atom is 2.00 e. The van der Waals surface area contributed by atoms with Crippen LogP contribution in [-0.2, 0) is 22.0 Å². The molecule has 0 atom stereocenters. The second-order valence-electron chi connectivity index (χ2n) is 0.640. The van der Waals surface area contributed by atoms with Gasteiger partial charge in [-0.15, -0.1) is 0 Å². The zero-order chi connectivity index (χ0) is 7.86. The predicted molar refractivity (Wildman–Crippen MR) is 30.4 cm³/mol. The van der Waals surface area contributed by atoms with Crippen LogP contribution in [0.25, 0.3) is 0 Å². The van der Waals surface area contributed by atoms with E-state index in [2.05, 4.69) is 4.89 Å². The standard InChI is InChI=1S/CH2O4.CH2O3.Ca.Cu.2H/c2-1(3)5-4;2-1(3)4;;;;/h4H,(H,2,3);(H2,2,3,4);;;;/q;;+2;;2*-1. The molecule has 0 spiro atoms. The molecule has 0 aliphatic carbocycles. The first kappa shape index (κ1) is 22.5. The number of carbonyl (C=O) groups is 2. The van der Waals surface area contributed by atoms with Crippen LogP contribution in [0.1, 0.15) is 2.85 Å². The summed E-state index contributed by atoms with van der Waals surface area (Å²) in [7, 11) is 0. The van der Waals surface area contributed by atoms with E-state index in [0.717, 1.165) is 0 Å². The molecule has 0 aliphatic heterocycles. The molecule has 11 heavy (non-hydrogen) atoms. The van der Waals surface area contributed by atoms with E-state index in [-0.39, 0.29) is 57.7 Å². The van der Waals surface area contributed by atoms with Gasteiger partial charge in [-0.05, 0) is 0 Å². The van der Waals surface area contributed by atoms with Crippen LogP contribution in [0, 0.1) is 0 Å². The molecule has 0 saturated carbocycles. The van der Waals surface area contributed by atoms with Crippen molar-refractivity contribution in [2.75, 3.05) is 0 Å². The van der Waals surface area contributed by atoms with E-state index < -0.39 is 12.3 Å². The Bertz CT molecular complexity index is 109. The van der Waals surface area contributed by atoms with Gasteiger partial charge in [-0.2, -0.15) is 5.26 Å². The van der Waals surface area contributed by atoms with Gasteiger partial charge in [0.05, 0.1) is 0 Å². The van der Waals surface area contributed by atoms with E-state index >= 15 is 0 Å². The van der Waals surface area contributed by atoms with E-state index in [4.69, 9.17) is 30.2 Å². The van der Waals surface area contributed by atoms with Gasteiger partial charge in [-0.25, -0.2) is 9.59 Å². The van der Waals surface area contributed by atoms with Crippen molar-refractivity contribution < 1.29 is 55.0 Å². The molecule has 0 aromatic rings. The second kappa shape index (κ2) is 16.7. The van der Waals surface area contributed by atoms with Crippen LogP contribution < -0.4 is 0 Å². The first-order chi connectivity index (χ1) is 4.00. The van der Waals surface area contributed by atoms with Crippen molar-refractivity contribution >= 4 is 50.0 Å². The Morgan fingerprint density at radius 3 is 1.27 bits per heavy atom. The molecule has 0 fully saturated rings. The molecular formula is C2H6CaCuO7. The molecule has 0 aromatic carbocycles. The van der Waals surface area contributed by atoms with Gasteiger partial charge in [-0.3, -0.25) is 4.89 Å². The minimum absolute atomic E-state index is 0. The summed E-state index contributed by atoms with van der Waals surface area (Å²) in [5.74, 6) is 0. The molecule has 9 heteroatoms. The fourth-order valence-corrected chi connectivity index (χ4v) is 0. The summed E-state index contributed by atoms with van der Waals surface area (Å²) in [5, 5.41) is 28.2. The maximum atomic E-state index is 8.90. The van der Waals surface area contributed by atoms with Crippen molar-refractivity contribution in [3.63, 3.8) is 0 Å². The summed E-state index contributed by atoms with van der Waals surface area (Å²) < 4.78 is 0. The molecular weight excluding hydrogens is 240 g/mol. The van der Waals surface area contributed by atoms with Crippen molar-refractivity contribution in [2.24, 2.45) is 0 Å². The van der Waals surface area contributed by atoms with Gasteiger partial charge in [0.25, 0.3) is 0 Å². The van der Waals surface area contributed by atoms with E-state index in [1.807, 2.05) is 0 Å². The minimum atomic E-state index is -1.83. The summed E-state index contributed by atoms with van der Waals surface area (Å²) in [6.07, 6.45) is -3.52.